The van der Waals surface area contributed by atoms with E-state index in [9.17, 15) is 0 Å². The van der Waals surface area contributed by atoms with Crippen LogP contribution in [0.2, 0.25) is 0 Å². The summed E-state index contributed by atoms with van der Waals surface area (Å²) >= 11 is 0. The Bertz CT molecular complexity index is 629. The molecule has 3 fully saturated rings. The van der Waals surface area contributed by atoms with E-state index in [1.54, 1.807) is 0 Å². The average Bonchev–Trinajstić information content (AvgIpc) is 3.32. The molecular formula is C27H44N2O2. The quantitative estimate of drug-likeness (QED) is 0.483. The van der Waals surface area contributed by atoms with Gasteiger partial charge >= 0.3 is 0 Å². The van der Waals surface area contributed by atoms with E-state index < -0.39 is 0 Å². The van der Waals surface area contributed by atoms with Crippen LogP contribution < -0.4 is 4.74 Å². The number of hydrogen-bond acceptors (Lipinski definition) is 4. The molecule has 1 aromatic carbocycles. The Balaban J connectivity index is 1.31. The van der Waals surface area contributed by atoms with E-state index in [4.69, 9.17) is 9.47 Å². The molecule has 0 aromatic heterocycles. The molecule has 31 heavy (non-hydrogen) atoms. The van der Waals surface area contributed by atoms with Gasteiger partial charge < -0.3 is 19.3 Å². The topological polar surface area (TPSA) is 24.9 Å². The molecule has 0 unspecified atom stereocenters. The van der Waals surface area contributed by atoms with Crippen LogP contribution in [-0.2, 0) is 10.2 Å². The molecular weight excluding hydrogens is 384 g/mol. The summed E-state index contributed by atoms with van der Waals surface area (Å²) in [6, 6.07) is 9.05. The number of hydrogen-bond donors (Lipinski definition) is 0. The lowest BCUT2D eigenvalue weighted by molar-refractivity contribution is 0.0347. The van der Waals surface area contributed by atoms with Gasteiger partial charge in [-0.3, -0.25) is 0 Å². The Morgan fingerprint density at radius 3 is 2.42 bits per heavy atom. The van der Waals surface area contributed by atoms with Gasteiger partial charge in [-0.25, -0.2) is 0 Å². The fourth-order valence-electron chi connectivity index (χ4n) is 6.08. The number of likely N-dealkylation sites (tertiary alicyclic amines) is 1. The summed E-state index contributed by atoms with van der Waals surface area (Å²) in [7, 11) is 2.34. The molecule has 2 aliphatic heterocycles. The van der Waals surface area contributed by atoms with Crippen LogP contribution in [0.25, 0.3) is 0 Å². The van der Waals surface area contributed by atoms with Crippen LogP contribution in [0, 0.1) is 5.92 Å². The average molecular weight is 429 g/mol. The van der Waals surface area contributed by atoms with Crippen molar-refractivity contribution in [2.75, 3.05) is 59.6 Å². The van der Waals surface area contributed by atoms with Gasteiger partial charge in [0.25, 0.3) is 0 Å². The molecule has 2 heterocycles. The number of nitrogens with zero attached hydrogens (tertiary/aromatic N) is 2. The highest BCUT2D eigenvalue weighted by Gasteiger charge is 2.36. The third-order valence-electron chi connectivity index (χ3n) is 7.87. The first kappa shape index (κ1) is 23.1. The smallest absolute Gasteiger partial charge is 0.119 e. The second-order valence-corrected chi connectivity index (χ2v) is 10.4. The summed E-state index contributed by atoms with van der Waals surface area (Å²) in [5.41, 5.74) is 1.69. The fraction of sp³-hybridized carbons (Fsp3) is 0.778. The van der Waals surface area contributed by atoms with Gasteiger partial charge in [-0.15, -0.1) is 0 Å². The molecule has 4 rings (SSSR count). The van der Waals surface area contributed by atoms with E-state index in [0.29, 0.717) is 0 Å². The van der Waals surface area contributed by atoms with Crippen molar-refractivity contribution in [2.24, 2.45) is 5.92 Å². The van der Waals surface area contributed by atoms with E-state index in [2.05, 4.69) is 41.1 Å². The second-order valence-electron chi connectivity index (χ2n) is 10.4. The predicted molar refractivity (Wildman–Crippen MR) is 128 cm³/mol. The van der Waals surface area contributed by atoms with Crippen LogP contribution >= 0.6 is 0 Å². The molecule has 3 aliphatic rings. The maximum Gasteiger partial charge on any atom is 0.119 e. The van der Waals surface area contributed by atoms with Crippen LogP contribution in [0.15, 0.2) is 24.3 Å². The number of rotatable bonds is 10. The summed E-state index contributed by atoms with van der Waals surface area (Å²) in [6.45, 7) is 8.70. The molecule has 0 atom stereocenters. The lowest BCUT2D eigenvalue weighted by Crippen LogP contribution is -2.44. The summed E-state index contributed by atoms with van der Waals surface area (Å²) < 4.78 is 11.8. The highest BCUT2D eigenvalue weighted by atomic mass is 16.5. The maximum absolute atomic E-state index is 6.06. The largest absolute Gasteiger partial charge is 0.494 e. The lowest BCUT2D eigenvalue weighted by atomic mass is 9.73. The van der Waals surface area contributed by atoms with Gasteiger partial charge in [0.2, 0.25) is 0 Å². The Kier molecular flexibility index (Phi) is 8.69. The van der Waals surface area contributed by atoms with Crippen molar-refractivity contribution in [3.05, 3.63) is 29.8 Å². The number of ether oxygens (including phenoxy) is 2. The minimum absolute atomic E-state index is 0.218. The zero-order chi connectivity index (χ0) is 21.4. The van der Waals surface area contributed by atoms with E-state index >= 15 is 0 Å². The Labute approximate surface area is 190 Å². The van der Waals surface area contributed by atoms with Crippen LogP contribution in [-0.4, -0.2) is 69.4 Å². The van der Waals surface area contributed by atoms with Gasteiger partial charge in [0.15, 0.2) is 0 Å². The first-order valence-corrected chi connectivity index (χ1v) is 13.0. The molecule has 4 nitrogen and oxygen atoms in total. The molecule has 4 heteroatoms. The highest BCUT2D eigenvalue weighted by Crippen LogP contribution is 2.37. The van der Waals surface area contributed by atoms with E-state index in [1.165, 1.54) is 76.7 Å². The van der Waals surface area contributed by atoms with Crippen molar-refractivity contribution in [3.63, 3.8) is 0 Å². The summed E-state index contributed by atoms with van der Waals surface area (Å²) in [5, 5.41) is 0. The van der Waals surface area contributed by atoms with Gasteiger partial charge in [-0.2, -0.15) is 0 Å². The molecule has 1 saturated carbocycles. The SMILES string of the molecule is CN(CC1CCCCC1)CC1(c2ccc(OCCCN3CCCC3)cc2)CCOCC1. The molecule has 1 aromatic rings. The van der Waals surface area contributed by atoms with E-state index in [0.717, 1.165) is 57.3 Å². The molecule has 0 radical (unpaired) electrons. The second kappa shape index (κ2) is 11.7. The van der Waals surface area contributed by atoms with E-state index in [1.807, 2.05) is 0 Å². The maximum atomic E-state index is 6.06. The fourth-order valence-corrected chi connectivity index (χ4v) is 6.08. The third kappa shape index (κ3) is 6.69. The van der Waals surface area contributed by atoms with Crippen LogP contribution in [0.1, 0.15) is 69.8 Å². The van der Waals surface area contributed by atoms with Crippen LogP contribution in [0.4, 0.5) is 0 Å². The highest BCUT2D eigenvalue weighted by molar-refractivity contribution is 5.33. The first-order valence-electron chi connectivity index (χ1n) is 13.0. The van der Waals surface area contributed by atoms with Gasteiger partial charge in [0.1, 0.15) is 5.75 Å². The van der Waals surface area contributed by atoms with Crippen molar-refractivity contribution in [2.45, 2.75) is 69.6 Å². The van der Waals surface area contributed by atoms with E-state index in [-0.39, 0.29) is 5.41 Å². The number of benzene rings is 1. The van der Waals surface area contributed by atoms with Crippen LogP contribution in [0.5, 0.6) is 5.75 Å². The van der Waals surface area contributed by atoms with Gasteiger partial charge in [-0.05, 0) is 88.7 Å². The predicted octanol–water partition coefficient (Wildman–Crippen LogP) is 5.11. The minimum Gasteiger partial charge on any atom is -0.494 e. The third-order valence-corrected chi connectivity index (χ3v) is 7.87. The zero-order valence-corrected chi connectivity index (χ0v) is 19.8. The zero-order valence-electron chi connectivity index (χ0n) is 19.8. The van der Waals surface area contributed by atoms with Gasteiger partial charge in [0, 0.05) is 38.3 Å². The molecule has 0 spiro atoms. The molecule has 2 saturated heterocycles. The molecule has 174 valence electrons. The Morgan fingerprint density at radius 1 is 1.00 bits per heavy atom. The lowest BCUT2D eigenvalue weighted by Gasteiger charge is -2.41. The Hall–Kier alpha value is -1.10. The number of likely N-dealkylation sites (N-methyl/N-ethyl adjacent to an activating group) is 1. The van der Waals surface area contributed by atoms with Crippen molar-refractivity contribution in [3.8, 4) is 5.75 Å². The van der Waals surface area contributed by atoms with Crippen molar-refractivity contribution < 1.29 is 9.47 Å². The molecule has 0 bridgehead atoms. The summed E-state index contributed by atoms with van der Waals surface area (Å²) in [4.78, 5) is 5.18. The van der Waals surface area contributed by atoms with Crippen LogP contribution in [0.3, 0.4) is 0 Å². The Morgan fingerprint density at radius 2 is 1.71 bits per heavy atom. The standard InChI is InChI=1S/C27H44N2O2/c1-28(22-24-8-3-2-4-9-24)23-27(14-20-30-21-15-27)25-10-12-26(13-11-25)31-19-7-18-29-16-5-6-17-29/h10-13,24H,2-9,14-23H2,1H3. The van der Waals surface area contributed by atoms with Crippen molar-refractivity contribution in [1.29, 1.82) is 0 Å². The summed E-state index contributed by atoms with van der Waals surface area (Å²) in [6.07, 6.45) is 13.2. The van der Waals surface area contributed by atoms with Crippen molar-refractivity contribution in [1.82, 2.24) is 9.80 Å². The molecule has 0 amide bonds. The van der Waals surface area contributed by atoms with Crippen molar-refractivity contribution >= 4 is 0 Å². The monoisotopic (exact) mass is 428 g/mol. The summed E-state index contributed by atoms with van der Waals surface area (Å²) in [5.74, 6) is 1.91. The minimum atomic E-state index is 0.218. The normalized spacial score (nSPS) is 22.8. The van der Waals surface area contributed by atoms with Gasteiger partial charge in [-0.1, -0.05) is 31.4 Å². The van der Waals surface area contributed by atoms with Gasteiger partial charge in [0.05, 0.1) is 6.61 Å². The molecule has 0 N–H and O–H groups in total. The molecule has 1 aliphatic carbocycles. The first-order chi connectivity index (χ1) is 15.2.